The molecule has 15 heavy (non-hydrogen) atoms. The van der Waals surface area contributed by atoms with Gasteiger partial charge in [-0.2, -0.15) is 11.8 Å². The maximum absolute atomic E-state index is 4.57. The van der Waals surface area contributed by atoms with Gasteiger partial charge in [0.15, 0.2) is 0 Å². The largest absolute Gasteiger partial charge is 0.332 e. The summed E-state index contributed by atoms with van der Waals surface area (Å²) in [5.41, 5.74) is 2.65. The monoisotopic (exact) mass is 226 g/mol. The average Bonchev–Trinajstić information content (AvgIpc) is 2.60. The standard InChI is InChI=1S/C12H22N2S/c1-8(2)12-11(10(5)15-6)13-7-14(12)9(3)4/h7-10H,1-6H3. The molecule has 86 valence electrons. The number of hydrogen-bond acceptors (Lipinski definition) is 2. The van der Waals surface area contributed by atoms with E-state index in [-0.39, 0.29) is 0 Å². The van der Waals surface area contributed by atoms with Crippen LogP contribution in [0.2, 0.25) is 0 Å². The quantitative estimate of drug-likeness (QED) is 0.772. The van der Waals surface area contributed by atoms with E-state index in [4.69, 9.17) is 0 Å². The van der Waals surface area contributed by atoms with Crippen molar-refractivity contribution in [2.45, 2.75) is 51.8 Å². The van der Waals surface area contributed by atoms with Gasteiger partial charge in [-0.05, 0) is 32.9 Å². The zero-order chi connectivity index (χ0) is 11.6. The molecular formula is C12H22N2S. The lowest BCUT2D eigenvalue weighted by molar-refractivity contribution is 0.556. The Morgan fingerprint density at radius 2 is 1.80 bits per heavy atom. The normalized spacial score (nSPS) is 13.9. The lowest BCUT2D eigenvalue weighted by atomic mass is 10.1. The highest BCUT2D eigenvalue weighted by Crippen LogP contribution is 2.32. The summed E-state index contributed by atoms with van der Waals surface area (Å²) in [6, 6.07) is 0.498. The molecule has 0 radical (unpaired) electrons. The number of hydrogen-bond donors (Lipinski definition) is 0. The van der Waals surface area contributed by atoms with E-state index in [0.29, 0.717) is 17.2 Å². The van der Waals surface area contributed by atoms with Gasteiger partial charge in [0.25, 0.3) is 0 Å². The third-order valence-corrected chi connectivity index (χ3v) is 3.63. The van der Waals surface area contributed by atoms with Crippen molar-refractivity contribution in [3.8, 4) is 0 Å². The van der Waals surface area contributed by atoms with Gasteiger partial charge in [0, 0.05) is 17.0 Å². The first-order chi connectivity index (χ1) is 6.99. The van der Waals surface area contributed by atoms with Crippen molar-refractivity contribution in [1.29, 1.82) is 0 Å². The topological polar surface area (TPSA) is 17.8 Å². The van der Waals surface area contributed by atoms with Crippen molar-refractivity contribution in [3.05, 3.63) is 17.7 Å². The van der Waals surface area contributed by atoms with Crippen molar-refractivity contribution in [2.24, 2.45) is 0 Å². The minimum Gasteiger partial charge on any atom is -0.332 e. The Morgan fingerprint density at radius 3 is 2.20 bits per heavy atom. The van der Waals surface area contributed by atoms with Crippen LogP contribution in [0.5, 0.6) is 0 Å². The molecular weight excluding hydrogens is 204 g/mol. The highest BCUT2D eigenvalue weighted by atomic mass is 32.2. The fraction of sp³-hybridized carbons (Fsp3) is 0.750. The van der Waals surface area contributed by atoms with Crippen LogP contribution in [-0.4, -0.2) is 15.8 Å². The lowest BCUT2D eigenvalue weighted by Gasteiger charge is -2.17. The summed E-state index contributed by atoms with van der Waals surface area (Å²) in [4.78, 5) is 4.57. The van der Waals surface area contributed by atoms with Crippen molar-refractivity contribution in [3.63, 3.8) is 0 Å². The van der Waals surface area contributed by atoms with Gasteiger partial charge in [-0.15, -0.1) is 0 Å². The Kier molecular flexibility index (Phi) is 4.26. The molecule has 0 fully saturated rings. The first-order valence-electron chi connectivity index (χ1n) is 5.58. The maximum atomic E-state index is 4.57. The van der Waals surface area contributed by atoms with Crippen LogP contribution in [0.25, 0.3) is 0 Å². The predicted molar refractivity (Wildman–Crippen MR) is 68.6 cm³/mol. The Labute approximate surface area is 97.5 Å². The van der Waals surface area contributed by atoms with Gasteiger partial charge < -0.3 is 4.57 Å². The number of thioether (sulfide) groups is 1. The minimum absolute atomic E-state index is 0.488. The van der Waals surface area contributed by atoms with Gasteiger partial charge in [-0.3, -0.25) is 0 Å². The highest BCUT2D eigenvalue weighted by Gasteiger charge is 2.19. The van der Waals surface area contributed by atoms with E-state index in [9.17, 15) is 0 Å². The van der Waals surface area contributed by atoms with Gasteiger partial charge >= 0.3 is 0 Å². The predicted octanol–water partition coefficient (Wildman–Crippen LogP) is 4.01. The van der Waals surface area contributed by atoms with E-state index in [1.807, 2.05) is 18.1 Å². The molecule has 1 heterocycles. The summed E-state index contributed by atoms with van der Waals surface area (Å²) in [5, 5.41) is 0.488. The molecule has 0 aliphatic heterocycles. The van der Waals surface area contributed by atoms with Crippen LogP contribution in [0.3, 0.4) is 0 Å². The van der Waals surface area contributed by atoms with E-state index in [1.165, 1.54) is 11.4 Å². The van der Waals surface area contributed by atoms with Crippen LogP contribution >= 0.6 is 11.8 Å². The SMILES string of the molecule is CSC(C)c1ncn(C(C)C)c1C(C)C. The zero-order valence-electron chi connectivity index (χ0n) is 10.6. The Hall–Kier alpha value is -0.440. The summed E-state index contributed by atoms with van der Waals surface area (Å²) in [7, 11) is 0. The Balaban J connectivity index is 3.18. The molecule has 3 heteroatoms. The fourth-order valence-corrected chi connectivity index (χ4v) is 2.22. The molecule has 0 saturated carbocycles. The summed E-state index contributed by atoms with van der Waals surface area (Å²) in [6.45, 7) is 11.1. The molecule has 0 amide bonds. The first kappa shape index (κ1) is 12.6. The molecule has 1 unspecified atom stereocenters. The van der Waals surface area contributed by atoms with Crippen LogP contribution in [0.1, 0.15) is 63.2 Å². The van der Waals surface area contributed by atoms with Gasteiger partial charge in [0.1, 0.15) is 0 Å². The van der Waals surface area contributed by atoms with Gasteiger partial charge in [-0.25, -0.2) is 4.98 Å². The summed E-state index contributed by atoms with van der Waals surface area (Å²) in [6.07, 6.45) is 4.13. The van der Waals surface area contributed by atoms with Crippen molar-refractivity contribution < 1.29 is 0 Å². The van der Waals surface area contributed by atoms with E-state index < -0.39 is 0 Å². The Morgan fingerprint density at radius 1 is 1.20 bits per heavy atom. The molecule has 1 aromatic heterocycles. The lowest BCUT2D eigenvalue weighted by Crippen LogP contribution is -2.08. The third-order valence-electron chi connectivity index (χ3n) is 2.70. The number of aromatic nitrogens is 2. The second kappa shape index (κ2) is 5.06. The molecule has 0 aromatic carbocycles. The average molecular weight is 226 g/mol. The van der Waals surface area contributed by atoms with Crippen molar-refractivity contribution in [2.75, 3.05) is 6.26 Å². The second-order valence-corrected chi connectivity index (χ2v) is 5.73. The second-order valence-electron chi connectivity index (χ2n) is 4.55. The molecule has 0 saturated heterocycles. The zero-order valence-corrected chi connectivity index (χ0v) is 11.4. The molecule has 0 N–H and O–H groups in total. The molecule has 0 spiro atoms. The molecule has 0 aliphatic rings. The number of rotatable bonds is 4. The van der Waals surface area contributed by atoms with Crippen molar-refractivity contribution in [1.82, 2.24) is 9.55 Å². The smallest absolute Gasteiger partial charge is 0.0954 e. The first-order valence-corrected chi connectivity index (χ1v) is 6.87. The van der Waals surface area contributed by atoms with E-state index >= 15 is 0 Å². The molecule has 1 aromatic rings. The summed E-state index contributed by atoms with van der Waals surface area (Å²) >= 11 is 1.86. The van der Waals surface area contributed by atoms with Crippen LogP contribution in [0.15, 0.2) is 6.33 Å². The Bertz CT molecular complexity index is 315. The van der Waals surface area contributed by atoms with E-state index in [0.717, 1.165) is 0 Å². The molecule has 1 rings (SSSR count). The summed E-state index contributed by atoms with van der Waals surface area (Å²) < 4.78 is 2.30. The van der Waals surface area contributed by atoms with Gasteiger partial charge in [0.2, 0.25) is 0 Å². The minimum atomic E-state index is 0.488. The highest BCUT2D eigenvalue weighted by molar-refractivity contribution is 7.98. The summed E-state index contributed by atoms with van der Waals surface area (Å²) in [5.74, 6) is 0.541. The third kappa shape index (κ3) is 2.57. The maximum Gasteiger partial charge on any atom is 0.0954 e. The van der Waals surface area contributed by atoms with Crippen LogP contribution in [0, 0.1) is 0 Å². The number of nitrogens with zero attached hydrogens (tertiary/aromatic N) is 2. The molecule has 2 nitrogen and oxygen atoms in total. The molecule has 0 aliphatic carbocycles. The van der Waals surface area contributed by atoms with Crippen LogP contribution in [-0.2, 0) is 0 Å². The van der Waals surface area contributed by atoms with E-state index in [1.54, 1.807) is 0 Å². The molecule has 1 atom stereocenters. The molecule has 0 bridgehead atoms. The van der Waals surface area contributed by atoms with Gasteiger partial charge in [0.05, 0.1) is 12.0 Å². The van der Waals surface area contributed by atoms with Gasteiger partial charge in [-0.1, -0.05) is 13.8 Å². The van der Waals surface area contributed by atoms with Crippen molar-refractivity contribution >= 4 is 11.8 Å². The van der Waals surface area contributed by atoms with Crippen LogP contribution in [0.4, 0.5) is 0 Å². The fourth-order valence-electron chi connectivity index (χ4n) is 1.82. The number of imidazole rings is 1. The van der Waals surface area contributed by atoms with Crippen LogP contribution < -0.4 is 0 Å². The van der Waals surface area contributed by atoms with E-state index in [2.05, 4.69) is 50.4 Å².